The number of aryl methyl sites for hydroxylation is 1. The largest absolute Gasteiger partial charge is 0.465 e. The summed E-state index contributed by atoms with van der Waals surface area (Å²) in [5.74, 6) is -1.93. The molecule has 7 heteroatoms. The summed E-state index contributed by atoms with van der Waals surface area (Å²) in [4.78, 5) is 24.0. The topological polar surface area (TPSA) is 81.4 Å². The van der Waals surface area contributed by atoms with Crippen molar-refractivity contribution in [2.45, 2.75) is 6.92 Å². The number of anilines is 2. The van der Waals surface area contributed by atoms with E-state index in [4.69, 9.17) is 5.73 Å². The molecule has 0 radical (unpaired) electrons. The van der Waals surface area contributed by atoms with Gasteiger partial charge in [0.25, 0.3) is 5.91 Å². The zero-order valence-electron chi connectivity index (χ0n) is 11.4. The van der Waals surface area contributed by atoms with Gasteiger partial charge in [0.15, 0.2) is 0 Å². The number of hydrogen-bond donors (Lipinski definition) is 2. The summed E-state index contributed by atoms with van der Waals surface area (Å²) in [6.45, 7) is 1.73. The van der Waals surface area contributed by atoms with Gasteiger partial charge in [0.1, 0.15) is 10.7 Å². The first kappa shape index (κ1) is 15.0. The number of thiophene rings is 1. The van der Waals surface area contributed by atoms with Crippen LogP contribution in [0.5, 0.6) is 0 Å². The highest BCUT2D eigenvalue weighted by Gasteiger charge is 2.20. The molecular weight excluding hydrogens is 295 g/mol. The molecule has 110 valence electrons. The van der Waals surface area contributed by atoms with Crippen molar-refractivity contribution in [1.82, 2.24) is 0 Å². The average Bonchev–Trinajstić information content (AvgIpc) is 2.79. The van der Waals surface area contributed by atoms with E-state index in [0.717, 1.165) is 17.4 Å². The molecule has 1 heterocycles. The fourth-order valence-electron chi connectivity index (χ4n) is 1.74. The van der Waals surface area contributed by atoms with Gasteiger partial charge in [-0.25, -0.2) is 9.18 Å². The van der Waals surface area contributed by atoms with Crippen molar-refractivity contribution in [3.8, 4) is 0 Å². The highest BCUT2D eigenvalue weighted by Crippen LogP contribution is 2.29. The number of carbonyl (C=O) groups is 2. The summed E-state index contributed by atoms with van der Waals surface area (Å²) in [6, 6.07) is 3.79. The maximum atomic E-state index is 13.7. The smallest absolute Gasteiger partial charge is 0.350 e. The lowest BCUT2D eigenvalue weighted by molar-refractivity contribution is 0.0607. The quantitative estimate of drug-likeness (QED) is 0.675. The van der Waals surface area contributed by atoms with Crippen molar-refractivity contribution >= 4 is 34.6 Å². The fourth-order valence-corrected chi connectivity index (χ4v) is 2.66. The molecule has 0 saturated carbocycles. The summed E-state index contributed by atoms with van der Waals surface area (Å²) < 4.78 is 18.4. The van der Waals surface area contributed by atoms with Gasteiger partial charge in [0.2, 0.25) is 0 Å². The van der Waals surface area contributed by atoms with Crippen molar-refractivity contribution in [1.29, 1.82) is 0 Å². The molecule has 1 amide bonds. The van der Waals surface area contributed by atoms with Crippen LogP contribution in [-0.2, 0) is 4.74 Å². The number of methoxy groups -OCH3 is 1. The minimum absolute atomic E-state index is 0.148. The number of carbonyl (C=O) groups excluding carboxylic acids is 2. The number of ether oxygens (including phenoxy) is 1. The zero-order valence-corrected chi connectivity index (χ0v) is 12.2. The van der Waals surface area contributed by atoms with Crippen LogP contribution in [0.4, 0.5) is 15.8 Å². The molecule has 0 fully saturated rings. The van der Waals surface area contributed by atoms with Crippen LogP contribution in [0, 0.1) is 12.7 Å². The van der Waals surface area contributed by atoms with Crippen LogP contribution in [0.25, 0.3) is 0 Å². The molecule has 2 aromatic rings. The number of rotatable bonds is 3. The highest BCUT2D eigenvalue weighted by molar-refractivity contribution is 7.12. The van der Waals surface area contributed by atoms with Crippen LogP contribution in [0.2, 0.25) is 0 Å². The number of nitrogens with one attached hydrogen (secondary N) is 1. The van der Waals surface area contributed by atoms with Gasteiger partial charge >= 0.3 is 5.97 Å². The van der Waals surface area contributed by atoms with Gasteiger partial charge in [0, 0.05) is 5.69 Å². The number of benzene rings is 1. The first-order chi connectivity index (χ1) is 9.93. The Balaban J connectivity index is 2.32. The first-order valence-electron chi connectivity index (χ1n) is 5.96. The first-order valence-corrected chi connectivity index (χ1v) is 6.84. The number of esters is 1. The third kappa shape index (κ3) is 3.03. The summed E-state index contributed by atoms with van der Waals surface area (Å²) in [5, 5.41) is 4.25. The number of hydrogen-bond acceptors (Lipinski definition) is 5. The van der Waals surface area contributed by atoms with E-state index in [2.05, 4.69) is 10.1 Å². The van der Waals surface area contributed by atoms with Gasteiger partial charge < -0.3 is 15.8 Å². The van der Waals surface area contributed by atoms with Gasteiger partial charge in [-0.3, -0.25) is 4.79 Å². The molecule has 5 nitrogen and oxygen atoms in total. The standard InChI is InChI=1S/C14H13FN2O3S/c1-7-6-21-12(14(19)20-2)11(7)17-13(18)9-4-3-8(16)5-10(9)15/h3-6H,16H2,1-2H3,(H,17,18). The molecule has 0 aliphatic heterocycles. The molecule has 0 spiro atoms. The number of halogens is 1. The molecule has 0 unspecified atom stereocenters. The van der Waals surface area contributed by atoms with Gasteiger partial charge in [-0.2, -0.15) is 0 Å². The van der Waals surface area contributed by atoms with E-state index in [1.54, 1.807) is 12.3 Å². The van der Waals surface area contributed by atoms with Gasteiger partial charge in [-0.05, 0) is 36.1 Å². The number of amides is 1. The lowest BCUT2D eigenvalue weighted by Crippen LogP contribution is -2.16. The van der Waals surface area contributed by atoms with Gasteiger partial charge in [-0.1, -0.05) is 0 Å². The van der Waals surface area contributed by atoms with E-state index in [9.17, 15) is 14.0 Å². The second-order valence-corrected chi connectivity index (χ2v) is 5.19. The Kier molecular flexibility index (Phi) is 4.23. The minimum Gasteiger partial charge on any atom is -0.465 e. The van der Waals surface area contributed by atoms with Crippen molar-refractivity contribution in [2.75, 3.05) is 18.2 Å². The molecule has 2 rings (SSSR count). The van der Waals surface area contributed by atoms with Crippen molar-refractivity contribution in [3.05, 3.63) is 45.4 Å². The maximum Gasteiger partial charge on any atom is 0.350 e. The lowest BCUT2D eigenvalue weighted by Gasteiger charge is -2.08. The Labute approximate surface area is 124 Å². The van der Waals surface area contributed by atoms with Crippen LogP contribution in [0.1, 0.15) is 25.6 Å². The number of nitrogen functional groups attached to an aromatic ring is 1. The average molecular weight is 308 g/mol. The zero-order chi connectivity index (χ0) is 15.6. The Morgan fingerprint density at radius 2 is 2.10 bits per heavy atom. The van der Waals surface area contributed by atoms with E-state index in [1.807, 2.05) is 0 Å². The van der Waals surface area contributed by atoms with Crippen LogP contribution in [-0.4, -0.2) is 19.0 Å². The Hall–Kier alpha value is -2.41. The molecule has 0 atom stereocenters. The second-order valence-electron chi connectivity index (χ2n) is 4.31. The fraction of sp³-hybridized carbons (Fsp3) is 0.143. The van der Waals surface area contributed by atoms with Gasteiger partial charge in [0.05, 0.1) is 18.4 Å². The summed E-state index contributed by atoms with van der Waals surface area (Å²) in [7, 11) is 1.25. The van der Waals surface area contributed by atoms with Gasteiger partial charge in [-0.15, -0.1) is 11.3 Å². The highest BCUT2D eigenvalue weighted by atomic mass is 32.1. The van der Waals surface area contributed by atoms with Crippen LogP contribution in [0.3, 0.4) is 0 Å². The molecule has 21 heavy (non-hydrogen) atoms. The van der Waals surface area contributed by atoms with Crippen molar-refractivity contribution < 1.29 is 18.7 Å². The van der Waals surface area contributed by atoms with Crippen LogP contribution >= 0.6 is 11.3 Å². The van der Waals surface area contributed by atoms with Crippen molar-refractivity contribution in [2.24, 2.45) is 0 Å². The predicted molar refractivity (Wildman–Crippen MR) is 79.2 cm³/mol. The molecule has 0 saturated heterocycles. The summed E-state index contributed by atoms with van der Waals surface area (Å²) in [6.07, 6.45) is 0. The molecular formula is C14H13FN2O3S. The monoisotopic (exact) mass is 308 g/mol. The normalized spacial score (nSPS) is 10.2. The lowest BCUT2D eigenvalue weighted by atomic mass is 10.1. The summed E-state index contributed by atoms with van der Waals surface area (Å²) in [5.41, 5.74) is 6.54. The molecule has 1 aromatic heterocycles. The van der Waals surface area contributed by atoms with E-state index >= 15 is 0 Å². The van der Waals surface area contributed by atoms with E-state index in [0.29, 0.717) is 11.3 Å². The number of nitrogens with two attached hydrogens (primary N) is 1. The van der Waals surface area contributed by atoms with Crippen LogP contribution in [0.15, 0.2) is 23.6 Å². The molecule has 3 N–H and O–H groups in total. The SMILES string of the molecule is COC(=O)c1scc(C)c1NC(=O)c1ccc(N)cc1F. The molecule has 0 aliphatic carbocycles. The van der Waals surface area contributed by atoms with Crippen LogP contribution < -0.4 is 11.1 Å². The third-order valence-electron chi connectivity index (χ3n) is 2.82. The Bertz CT molecular complexity index is 712. The predicted octanol–water partition coefficient (Wildman–Crippen LogP) is 2.82. The Morgan fingerprint density at radius 1 is 1.38 bits per heavy atom. The minimum atomic E-state index is -0.722. The summed E-state index contributed by atoms with van der Waals surface area (Å²) >= 11 is 1.15. The van der Waals surface area contributed by atoms with E-state index in [1.165, 1.54) is 19.2 Å². The van der Waals surface area contributed by atoms with E-state index < -0.39 is 17.7 Å². The molecule has 0 aliphatic rings. The third-order valence-corrected chi connectivity index (χ3v) is 3.90. The van der Waals surface area contributed by atoms with Crippen molar-refractivity contribution in [3.63, 3.8) is 0 Å². The van der Waals surface area contributed by atoms with E-state index in [-0.39, 0.29) is 16.1 Å². The molecule has 0 bridgehead atoms. The molecule has 1 aromatic carbocycles. The Morgan fingerprint density at radius 3 is 2.71 bits per heavy atom. The maximum absolute atomic E-state index is 13.7. The second kappa shape index (κ2) is 5.92.